The lowest BCUT2D eigenvalue weighted by atomic mass is 9.72. The summed E-state index contributed by atoms with van der Waals surface area (Å²) >= 11 is 0. The third-order valence-corrected chi connectivity index (χ3v) is 9.88. The van der Waals surface area contributed by atoms with E-state index in [-0.39, 0.29) is 16.8 Å². The first-order valence-electron chi connectivity index (χ1n) is 14.6. The van der Waals surface area contributed by atoms with E-state index >= 15 is 4.39 Å². The lowest BCUT2D eigenvalue weighted by Gasteiger charge is -2.61. The van der Waals surface area contributed by atoms with Crippen molar-refractivity contribution in [3.05, 3.63) is 72.0 Å². The van der Waals surface area contributed by atoms with Crippen LogP contribution in [0.15, 0.2) is 65.6 Å². The van der Waals surface area contributed by atoms with E-state index in [1.54, 1.807) is 30.3 Å². The maximum Gasteiger partial charge on any atom is 0.175 e. The van der Waals surface area contributed by atoms with E-state index in [4.69, 9.17) is 4.98 Å². The van der Waals surface area contributed by atoms with E-state index in [2.05, 4.69) is 52.5 Å². The molecule has 1 aliphatic carbocycles. The van der Waals surface area contributed by atoms with Gasteiger partial charge in [-0.05, 0) is 71.8 Å². The molecule has 7 rings (SSSR count). The zero-order chi connectivity index (χ0) is 28.5. The van der Waals surface area contributed by atoms with Gasteiger partial charge in [0, 0.05) is 62.5 Å². The van der Waals surface area contributed by atoms with Crippen molar-refractivity contribution in [3.8, 4) is 22.5 Å². The van der Waals surface area contributed by atoms with Crippen molar-refractivity contribution in [1.82, 2.24) is 19.4 Å². The van der Waals surface area contributed by atoms with E-state index in [0.29, 0.717) is 16.8 Å². The monoisotopic (exact) mass is 572 g/mol. The van der Waals surface area contributed by atoms with Gasteiger partial charge < -0.3 is 9.47 Å². The molecule has 2 saturated heterocycles. The van der Waals surface area contributed by atoms with Crippen molar-refractivity contribution in [2.24, 2.45) is 11.3 Å². The van der Waals surface area contributed by atoms with Crippen LogP contribution in [0.3, 0.4) is 0 Å². The lowest BCUT2D eigenvalue weighted by molar-refractivity contribution is -0.120. The highest BCUT2D eigenvalue weighted by atomic mass is 32.2. The fourth-order valence-corrected chi connectivity index (χ4v) is 7.53. The molecule has 4 aromatic rings. The smallest absolute Gasteiger partial charge is 0.175 e. The van der Waals surface area contributed by atoms with Crippen molar-refractivity contribution in [3.63, 3.8) is 0 Å². The molecule has 3 aromatic carbocycles. The topological polar surface area (TPSA) is 58.4 Å². The van der Waals surface area contributed by atoms with Crippen LogP contribution in [0.2, 0.25) is 0 Å². The Morgan fingerprint density at radius 1 is 0.902 bits per heavy atom. The molecule has 41 heavy (non-hydrogen) atoms. The van der Waals surface area contributed by atoms with Crippen molar-refractivity contribution >= 4 is 20.9 Å². The number of sulfone groups is 1. The first-order valence-corrected chi connectivity index (χ1v) is 16.5. The van der Waals surface area contributed by atoms with Crippen LogP contribution < -0.4 is 0 Å². The summed E-state index contributed by atoms with van der Waals surface area (Å²) in [6.07, 6.45) is 3.24. The van der Waals surface area contributed by atoms with Gasteiger partial charge in [0.2, 0.25) is 0 Å². The van der Waals surface area contributed by atoms with Gasteiger partial charge in [-0.3, -0.25) is 4.90 Å². The minimum absolute atomic E-state index is 0.261. The van der Waals surface area contributed by atoms with Crippen LogP contribution in [-0.2, 0) is 16.4 Å². The molecule has 0 bridgehead atoms. The molecule has 1 saturated carbocycles. The molecule has 214 valence electrons. The van der Waals surface area contributed by atoms with Crippen LogP contribution in [0.1, 0.15) is 38.3 Å². The van der Waals surface area contributed by atoms with Gasteiger partial charge in [0.05, 0.1) is 10.4 Å². The molecule has 0 atom stereocenters. The summed E-state index contributed by atoms with van der Waals surface area (Å²) in [4.78, 5) is 10.1. The minimum atomic E-state index is -3.29. The molecule has 0 amide bonds. The predicted molar refractivity (Wildman–Crippen MR) is 161 cm³/mol. The number of hydrogen-bond acceptors (Lipinski definition) is 5. The number of likely N-dealkylation sites (tertiary alicyclic amines) is 2. The summed E-state index contributed by atoms with van der Waals surface area (Å²) in [5, 5.41) is 0. The standard InChI is InChI=1S/C33H37FN4O2S/c1-22(2)16-36-18-33(19-36)20-37(21-33)17-23-4-6-24(7-5-23)26-14-29(34)31-30(15-26)38(27-10-11-27)32(35-31)25-8-12-28(13-9-25)41(3,39)40/h4-9,12-15,22,27H,10-11,16-21H2,1-3H3. The summed E-state index contributed by atoms with van der Waals surface area (Å²) in [5.74, 6) is 1.07. The van der Waals surface area contributed by atoms with Crippen molar-refractivity contribution in [2.45, 2.75) is 44.2 Å². The average Bonchev–Trinajstić information content (AvgIpc) is 3.65. The number of imidazole rings is 1. The van der Waals surface area contributed by atoms with Gasteiger partial charge >= 0.3 is 0 Å². The quantitative estimate of drug-likeness (QED) is 0.258. The van der Waals surface area contributed by atoms with Crippen LogP contribution in [0.4, 0.5) is 4.39 Å². The number of nitrogens with zero attached hydrogens (tertiary/aromatic N) is 4. The normalized spacial score (nSPS) is 19.1. The largest absolute Gasteiger partial charge is 0.321 e. The summed E-state index contributed by atoms with van der Waals surface area (Å²) in [5.41, 5.74) is 5.55. The van der Waals surface area contributed by atoms with Gasteiger partial charge in [-0.2, -0.15) is 0 Å². The second kappa shape index (κ2) is 9.75. The molecule has 8 heteroatoms. The van der Waals surface area contributed by atoms with Crippen molar-refractivity contribution in [1.29, 1.82) is 0 Å². The van der Waals surface area contributed by atoms with Gasteiger partial charge in [-0.15, -0.1) is 0 Å². The number of hydrogen-bond donors (Lipinski definition) is 0. The van der Waals surface area contributed by atoms with Crippen LogP contribution in [0.25, 0.3) is 33.5 Å². The summed E-state index contributed by atoms with van der Waals surface area (Å²) in [7, 11) is -3.29. The molecule has 1 aromatic heterocycles. The van der Waals surface area contributed by atoms with E-state index in [0.717, 1.165) is 47.5 Å². The lowest BCUT2D eigenvalue weighted by Crippen LogP contribution is -2.71. The Hall–Kier alpha value is -3.07. The second-order valence-corrected chi connectivity index (χ2v) is 15.1. The summed E-state index contributed by atoms with van der Waals surface area (Å²) in [6.45, 7) is 11.6. The van der Waals surface area contributed by atoms with Gasteiger partial charge in [0.1, 0.15) is 11.3 Å². The van der Waals surface area contributed by atoms with Gasteiger partial charge in [-0.1, -0.05) is 38.1 Å². The highest BCUT2D eigenvalue weighted by Gasteiger charge is 2.51. The SMILES string of the molecule is CC(C)CN1CC2(CN(Cc3ccc(-c4cc(F)c5nc(-c6ccc(S(C)(=O)=O)cc6)n(C6CC6)c5c4)cc3)C2)C1. The van der Waals surface area contributed by atoms with Crippen LogP contribution in [0, 0.1) is 17.2 Å². The maximum atomic E-state index is 15.5. The number of halogens is 1. The highest BCUT2D eigenvalue weighted by Crippen LogP contribution is 2.43. The molecular weight excluding hydrogens is 535 g/mol. The van der Waals surface area contributed by atoms with E-state index in [1.165, 1.54) is 44.5 Å². The number of benzene rings is 3. The second-order valence-electron chi connectivity index (χ2n) is 13.1. The Bertz CT molecular complexity index is 1710. The fraction of sp³-hybridized carbons (Fsp3) is 0.424. The zero-order valence-corrected chi connectivity index (χ0v) is 24.8. The first-order chi connectivity index (χ1) is 19.6. The highest BCUT2D eigenvalue weighted by molar-refractivity contribution is 7.90. The molecule has 2 aliphatic heterocycles. The van der Waals surface area contributed by atoms with E-state index < -0.39 is 9.84 Å². The third-order valence-electron chi connectivity index (χ3n) is 8.75. The molecular formula is C33H37FN4O2S. The Morgan fingerprint density at radius 2 is 1.54 bits per heavy atom. The minimum Gasteiger partial charge on any atom is -0.321 e. The molecule has 3 heterocycles. The van der Waals surface area contributed by atoms with Crippen molar-refractivity contribution < 1.29 is 12.8 Å². The number of aromatic nitrogens is 2. The molecule has 0 unspecified atom stereocenters. The zero-order valence-electron chi connectivity index (χ0n) is 24.0. The van der Waals surface area contributed by atoms with Crippen molar-refractivity contribution in [2.75, 3.05) is 39.0 Å². The summed E-state index contributed by atoms with van der Waals surface area (Å²) < 4.78 is 41.5. The number of fused-ring (bicyclic) bond motifs is 1. The van der Waals surface area contributed by atoms with Crippen LogP contribution in [-0.4, -0.2) is 66.7 Å². The fourth-order valence-electron chi connectivity index (χ4n) is 6.90. The molecule has 0 radical (unpaired) electrons. The first kappa shape index (κ1) is 26.8. The molecule has 3 fully saturated rings. The Labute approximate surface area is 241 Å². The summed E-state index contributed by atoms with van der Waals surface area (Å²) in [6, 6.07) is 19.2. The van der Waals surface area contributed by atoms with E-state index in [1.807, 2.05) is 6.07 Å². The third kappa shape index (κ3) is 5.11. The van der Waals surface area contributed by atoms with Crippen LogP contribution in [0.5, 0.6) is 0 Å². The Balaban J connectivity index is 1.10. The van der Waals surface area contributed by atoms with Gasteiger partial charge in [0.15, 0.2) is 15.7 Å². The molecule has 0 N–H and O–H groups in total. The molecule has 6 nitrogen and oxygen atoms in total. The van der Waals surface area contributed by atoms with Crippen LogP contribution >= 0.6 is 0 Å². The molecule has 3 aliphatic rings. The van der Waals surface area contributed by atoms with Gasteiger partial charge in [-0.25, -0.2) is 17.8 Å². The predicted octanol–water partition coefficient (Wildman–Crippen LogP) is 6.02. The maximum absolute atomic E-state index is 15.5. The van der Waals surface area contributed by atoms with Gasteiger partial charge in [0.25, 0.3) is 0 Å². The average molecular weight is 573 g/mol. The molecule has 1 spiro atoms. The Morgan fingerprint density at radius 3 is 2.15 bits per heavy atom. The number of rotatable bonds is 8. The Kier molecular flexibility index (Phi) is 6.37. The van der Waals surface area contributed by atoms with E-state index in [9.17, 15) is 8.42 Å².